The first-order valence-electron chi connectivity index (χ1n) is 7.89. The SMILES string of the molecule is Cc1ncc(CNC(=O)Nc2ccc(C(=O)NCC(C)C)c(Cl)c2)s1. The Bertz CT molecular complexity index is 761. The molecule has 3 amide bonds. The van der Waals surface area contributed by atoms with Crippen LogP contribution in [-0.2, 0) is 6.54 Å². The van der Waals surface area contributed by atoms with Crippen LogP contribution in [0, 0.1) is 12.8 Å². The van der Waals surface area contributed by atoms with Crippen LogP contribution in [0.5, 0.6) is 0 Å². The fraction of sp³-hybridized carbons (Fsp3) is 0.353. The summed E-state index contributed by atoms with van der Waals surface area (Å²) in [7, 11) is 0. The number of thiazole rings is 1. The lowest BCUT2D eigenvalue weighted by atomic mass is 10.1. The monoisotopic (exact) mass is 380 g/mol. The fourth-order valence-corrected chi connectivity index (χ4v) is 3.00. The van der Waals surface area contributed by atoms with Gasteiger partial charge in [0, 0.05) is 23.3 Å². The quantitative estimate of drug-likeness (QED) is 0.712. The van der Waals surface area contributed by atoms with Crippen molar-refractivity contribution in [2.45, 2.75) is 27.3 Å². The van der Waals surface area contributed by atoms with E-state index in [0.717, 1.165) is 9.88 Å². The van der Waals surface area contributed by atoms with Gasteiger partial charge in [-0.25, -0.2) is 9.78 Å². The van der Waals surface area contributed by atoms with Crippen molar-refractivity contribution in [3.05, 3.63) is 44.9 Å². The van der Waals surface area contributed by atoms with Crippen LogP contribution in [0.15, 0.2) is 24.4 Å². The molecule has 1 aromatic heterocycles. The van der Waals surface area contributed by atoms with Crippen molar-refractivity contribution < 1.29 is 9.59 Å². The number of carbonyl (C=O) groups is 2. The maximum atomic E-state index is 12.1. The summed E-state index contributed by atoms with van der Waals surface area (Å²) in [6.07, 6.45) is 1.74. The Kier molecular flexibility index (Phi) is 6.78. The van der Waals surface area contributed by atoms with Crippen LogP contribution >= 0.6 is 22.9 Å². The standard InChI is InChI=1S/C17H21ClN4O2S/c1-10(2)7-20-16(23)14-5-4-12(6-15(14)18)22-17(24)21-9-13-8-19-11(3)25-13/h4-6,8,10H,7,9H2,1-3H3,(H,20,23)(H2,21,22,24). The second-order valence-electron chi connectivity index (χ2n) is 5.95. The number of amides is 3. The zero-order chi connectivity index (χ0) is 18.4. The van der Waals surface area contributed by atoms with Gasteiger partial charge in [0.1, 0.15) is 0 Å². The second-order valence-corrected chi connectivity index (χ2v) is 7.68. The number of aryl methyl sites for hydroxylation is 1. The van der Waals surface area contributed by atoms with E-state index in [4.69, 9.17) is 11.6 Å². The van der Waals surface area contributed by atoms with Gasteiger partial charge in [0.05, 0.1) is 22.1 Å². The van der Waals surface area contributed by atoms with Crippen LogP contribution in [0.3, 0.4) is 0 Å². The minimum atomic E-state index is -0.348. The van der Waals surface area contributed by atoms with Gasteiger partial charge in [-0.05, 0) is 31.0 Å². The highest BCUT2D eigenvalue weighted by Gasteiger charge is 2.12. The third kappa shape index (κ3) is 6.03. The Morgan fingerprint density at radius 1 is 1.28 bits per heavy atom. The number of hydrogen-bond donors (Lipinski definition) is 3. The molecule has 0 bridgehead atoms. The summed E-state index contributed by atoms with van der Waals surface area (Å²) < 4.78 is 0. The Hall–Kier alpha value is -2.12. The van der Waals surface area contributed by atoms with Crippen molar-refractivity contribution >= 4 is 40.6 Å². The first kappa shape index (κ1) is 19.2. The lowest BCUT2D eigenvalue weighted by Gasteiger charge is -2.11. The normalized spacial score (nSPS) is 10.6. The van der Waals surface area contributed by atoms with Gasteiger partial charge in [-0.15, -0.1) is 11.3 Å². The summed E-state index contributed by atoms with van der Waals surface area (Å²) in [5.74, 6) is 0.130. The second kappa shape index (κ2) is 8.82. The topological polar surface area (TPSA) is 83.1 Å². The molecule has 0 aliphatic heterocycles. The summed E-state index contributed by atoms with van der Waals surface area (Å²) in [6.45, 7) is 6.92. The van der Waals surface area contributed by atoms with E-state index in [-0.39, 0.29) is 17.0 Å². The predicted octanol–water partition coefficient (Wildman–Crippen LogP) is 3.81. The predicted molar refractivity (Wildman–Crippen MR) is 101 cm³/mol. The van der Waals surface area contributed by atoms with Crippen LogP contribution in [0.25, 0.3) is 0 Å². The average molecular weight is 381 g/mol. The average Bonchev–Trinajstić information content (AvgIpc) is 2.96. The van der Waals surface area contributed by atoms with E-state index in [1.54, 1.807) is 24.4 Å². The Morgan fingerprint density at radius 3 is 2.64 bits per heavy atom. The number of urea groups is 1. The third-order valence-electron chi connectivity index (χ3n) is 3.23. The number of carbonyl (C=O) groups excluding carboxylic acids is 2. The molecule has 25 heavy (non-hydrogen) atoms. The molecule has 0 saturated carbocycles. The number of rotatable bonds is 6. The molecular formula is C17H21ClN4O2S. The van der Waals surface area contributed by atoms with Crippen molar-refractivity contribution in [3.8, 4) is 0 Å². The van der Waals surface area contributed by atoms with Gasteiger partial charge in [0.25, 0.3) is 5.91 Å². The molecule has 0 aliphatic carbocycles. The van der Waals surface area contributed by atoms with Gasteiger partial charge in [-0.1, -0.05) is 25.4 Å². The van der Waals surface area contributed by atoms with Crippen molar-refractivity contribution in [2.75, 3.05) is 11.9 Å². The van der Waals surface area contributed by atoms with E-state index in [2.05, 4.69) is 20.9 Å². The molecule has 2 aromatic rings. The number of halogens is 1. The van der Waals surface area contributed by atoms with E-state index in [1.807, 2.05) is 20.8 Å². The van der Waals surface area contributed by atoms with Crippen LogP contribution in [0.2, 0.25) is 5.02 Å². The Balaban J connectivity index is 1.90. The van der Waals surface area contributed by atoms with E-state index in [0.29, 0.717) is 30.3 Å². The molecule has 1 heterocycles. The van der Waals surface area contributed by atoms with Crippen molar-refractivity contribution in [1.29, 1.82) is 0 Å². The molecular weight excluding hydrogens is 360 g/mol. The largest absolute Gasteiger partial charge is 0.352 e. The highest BCUT2D eigenvalue weighted by atomic mass is 35.5. The number of hydrogen-bond acceptors (Lipinski definition) is 4. The van der Waals surface area contributed by atoms with E-state index < -0.39 is 0 Å². The van der Waals surface area contributed by atoms with E-state index in [1.165, 1.54) is 11.3 Å². The lowest BCUT2D eigenvalue weighted by molar-refractivity contribution is 0.0949. The molecule has 6 nitrogen and oxygen atoms in total. The number of benzene rings is 1. The number of nitrogens with zero attached hydrogens (tertiary/aromatic N) is 1. The first-order valence-corrected chi connectivity index (χ1v) is 9.08. The maximum absolute atomic E-state index is 12.1. The highest BCUT2D eigenvalue weighted by Crippen LogP contribution is 2.21. The summed E-state index contributed by atoms with van der Waals surface area (Å²) in [6, 6.07) is 4.45. The molecule has 0 radical (unpaired) electrons. The molecule has 0 aliphatic rings. The molecule has 0 fully saturated rings. The number of nitrogens with one attached hydrogen (secondary N) is 3. The first-order chi connectivity index (χ1) is 11.8. The van der Waals surface area contributed by atoms with Gasteiger partial charge in [0.2, 0.25) is 0 Å². The van der Waals surface area contributed by atoms with Crippen molar-refractivity contribution in [2.24, 2.45) is 5.92 Å². The van der Waals surface area contributed by atoms with Crippen LogP contribution in [0.1, 0.15) is 34.1 Å². The van der Waals surface area contributed by atoms with Gasteiger partial charge in [0.15, 0.2) is 0 Å². The molecule has 0 spiro atoms. The van der Waals surface area contributed by atoms with E-state index in [9.17, 15) is 9.59 Å². The zero-order valence-electron chi connectivity index (χ0n) is 14.4. The van der Waals surface area contributed by atoms with Gasteiger partial charge >= 0.3 is 6.03 Å². The minimum absolute atomic E-state index is 0.227. The number of aromatic nitrogens is 1. The lowest BCUT2D eigenvalue weighted by Crippen LogP contribution is -2.28. The van der Waals surface area contributed by atoms with Gasteiger partial charge < -0.3 is 16.0 Å². The maximum Gasteiger partial charge on any atom is 0.319 e. The summed E-state index contributed by atoms with van der Waals surface area (Å²) in [5, 5.41) is 9.50. The van der Waals surface area contributed by atoms with Crippen LogP contribution in [0.4, 0.5) is 10.5 Å². The summed E-state index contributed by atoms with van der Waals surface area (Å²) >= 11 is 7.69. The summed E-state index contributed by atoms with van der Waals surface area (Å²) in [5.41, 5.74) is 0.900. The van der Waals surface area contributed by atoms with Crippen molar-refractivity contribution in [3.63, 3.8) is 0 Å². The highest BCUT2D eigenvalue weighted by molar-refractivity contribution is 7.11. The fourth-order valence-electron chi connectivity index (χ4n) is 2.00. The molecule has 0 saturated heterocycles. The van der Waals surface area contributed by atoms with E-state index >= 15 is 0 Å². The molecule has 0 unspecified atom stereocenters. The molecule has 1 aromatic carbocycles. The smallest absolute Gasteiger partial charge is 0.319 e. The van der Waals surface area contributed by atoms with Gasteiger partial charge in [-0.2, -0.15) is 0 Å². The molecule has 134 valence electrons. The van der Waals surface area contributed by atoms with Crippen LogP contribution in [-0.4, -0.2) is 23.5 Å². The Morgan fingerprint density at radius 2 is 2.04 bits per heavy atom. The van der Waals surface area contributed by atoms with Crippen molar-refractivity contribution in [1.82, 2.24) is 15.6 Å². The minimum Gasteiger partial charge on any atom is -0.352 e. The summed E-state index contributed by atoms with van der Waals surface area (Å²) in [4.78, 5) is 29.1. The third-order valence-corrected chi connectivity index (χ3v) is 4.46. The molecule has 8 heteroatoms. The van der Waals surface area contributed by atoms with Gasteiger partial charge in [-0.3, -0.25) is 4.79 Å². The molecule has 2 rings (SSSR count). The molecule has 0 atom stereocenters. The van der Waals surface area contributed by atoms with Crippen LogP contribution < -0.4 is 16.0 Å². The zero-order valence-corrected chi connectivity index (χ0v) is 15.9. The number of anilines is 1. The molecule has 3 N–H and O–H groups in total. The Labute approximate surface area is 156 Å².